The van der Waals surface area contributed by atoms with Gasteiger partial charge in [-0.3, -0.25) is 14.4 Å². The number of ether oxygens (including phenoxy) is 6. The van der Waals surface area contributed by atoms with Gasteiger partial charge >= 0.3 is 23.9 Å². The number of aliphatic hydroxyl groups excluding tert-OH is 1. The topological polar surface area (TPSA) is 144 Å². The maximum absolute atomic E-state index is 12.9. The van der Waals surface area contributed by atoms with Gasteiger partial charge in [0, 0.05) is 18.4 Å². The van der Waals surface area contributed by atoms with Crippen LogP contribution in [0.4, 0.5) is 0 Å². The van der Waals surface area contributed by atoms with E-state index in [1.54, 1.807) is 6.92 Å². The van der Waals surface area contributed by atoms with Crippen LogP contribution in [0.25, 0.3) is 0 Å². The Hall–Kier alpha value is -2.50. The summed E-state index contributed by atoms with van der Waals surface area (Å²) in [4.78, 5) is 49.7. The molecule has 0 aromatic heterocycles. The van der Waals surface area contributed by atoms with Crippen LogP contribution in [0.3, 0.4) is 0 Å². The van der Waals surface area contributed by atoms with E-state index >= 15 is 0 Å². The minimum Gasteiger partial charge on any atom is -0.463 e. The normalized spacial score (nSPS) is 17.1. The molecule has 1 N–H and O–H groups in total. The Morgan fingerprint density at radius 3 is 1.65 bits per heavy atom. The molecule has 11 heteroatoms. The second-order valence-corrected chi connectivity index (χ2v) is 14.2. The fourth-order valence-electron chi connectivity index (χ4n) is 5.60. The van der Waals surface area contributed by atoms with Crippen LogP contribution in [0, 0.1) is 5.41 Å². The lowest BCUT2D eigenvalue weighted by Gasteiger charge is -2.32. The average Bonchev–Trinajstić information content (AvgIpc) is 3.13. The van der Waals surface area contributed by atoms with Crippen molar-refractivity contribution in [2.75, 3.05) is 33.2 Å². The van der Waals surface area contributed by atoms with Crippen molar-refractivity contribution >= 4 is 23.9 Å². The molecule has 0 saturated heterocycles. The molecule has 1 aliphatic carbocycles. The lowest BCUT2D eigenvalue weighted by molar-refractivity contribution is -0.178. The summed E-state index contributed by atoms with van der Waals surface area (Å²) in [6, 6.07) is 0. The van der Waals surface area contributed by atoms with Crippen LogP contribution in [0.1, 0.15) is 163 Å². The monoisotopic (exact) mass is 726 g/mol. The molecule has 0 amide bonds. The van der Waals surface area contributed by atoms with Gasteiger partial charge < -0.3 is 33.5 Å². The third-order valence-corrected chi connectivity index (χ3v) is 9.41. The first-order chi connectivity index (χ1) is 24.6. The third kappa shape index (κ3) is 22.2. The van der Waals surface area contributed by atoms with Crippen molar-refractivity contribution in [1.29, 1.82) is 0 Å². The van der Waals surface area contributed by atoms with Gasteiger partial charge in [-0.25, -0.2) is 4.79 Å². The predicted molar refractivity (Wildman–Crippen MR) is 196 cm³/mol. The summed E-state index contributed by atoms with van der Waals surface area (Å²) in [7, 11) is 0. The molecule has 296 valence electrons. The Labute approximate surface area is 307 Å². The summed E-state index contributed by atoms with van der Waals surface area (Å²) >= 11 is 0. The first-order valence-electron chi connectivity index (χ1n) is 19.8. The van der Waals surface area contributed by atoms with E-state index in [4.69, 9.17) is 28.4 Å². The van der Waals surface area contributed by atoms with Crippen molar-refractivity contribution in [3.05, 3.63) is 12.2 Å². The van der Waals surface area contributed by atoms with Gasteiger partial charge in [0.1, 0.15) is 44.2 Å². The molecular formula is C40H70O11. The Morgan fingerprint density at radius 1 is 0.706 bits per heavy atom. The van der Waals surface area contributed by atoms with E-state index in [1.165, 1.54) is 58.3 Å². The molecule has 0 heterocycles. The van der Waals surface area contributed by atoms with Crippen molar-refractivity contribution in [3.63, 3.8) is 0 Å². The molecule has 1 atom stereocenters. The van der Waals surface area contributed by atoms with Crippen LogP contribution in [-0.2, 0) is 47.6 Å². The first-order valence-corrected chi connectivity index (χ1v) is 19.8. The molecule has 0 aromatic carbocycles. The maximum Gasteiger partial charge on any atom is 0.333 e. The highest BCUT2D eigenvalue weighted by atomic mass is 16.7. The standard InChI is InChI=1S/C40H70O11/c1-6-9-11-13-15-17-19-21-36(42)46-27-35(28-47-37(43)22-20-18-16-14-12-10-7-2)50-31-49-33-23-25-34(26-24-33)51-39(45)40(5,29-41)30-48-38(44)32(4)8-3/h33-35,41H,4,6-31H2,1-3,5H3. The third-order valence-electron chi connectivity index (χ3n) is 9.41. The van der Waals surface area contributed by atoms with Gasteiger partial charge in [0.15, 0.2) is 0 Å². The van der Waals surface area contributed by atoms with Crippen LogP contribution < -0.4 is 0 Å². The van der Waals surface area contributed by atoms with Crippen LogP contribution >= 0.6 is 0 Å². The van der Waals surface area contributed by atoms with Gasteiger partial charge in [0.2, 0.25) is 0 Å². The van der Waals surface area contributed by atoms with Crippen LogP contribution in [0.15, 0.2) is 12.2 Å². The highest BCUT2D eigenvalue weighted by molar-refractivity contribution is 5.88. The van der Waals surface area contributed by atoms with Gasteiger partial charge in [-0.2, -0.15) is 0 Å². The van der Waals surface area contributed by atoms with Gasteiger partial charge in [0.05, 0.1) is 12.7 Å². The zero-order valence-corrected chi connectivity index (χ0v) is 32.4. The fraction of sp³-hybridized carbons (Fsp3) is 0.850. The number of carbonyl (C=O) groups excluding carboxylic acids is 4. The molecule has 0 spiro atoms. The van der Waals surface area contributed by atoms with E-state index in [0.717, 1.165) is 38.5 Å². The van der Waals surface area contributed by atoms with E-state index in [9.17, 15) is 24.3 Å². The Bertz CT molecular complexity index is 941. The number of hydrogen-bond acceptors (Lipinski definition) is 11. The summed E-state index contributed by atoms with van der Waals surface area (Å²) in [5.74, 6) is -1.81. The largest absolute Gasteiger partial charge is 0.463 e. The van der Waals surface area contributed by atoms with Gasteiger partial charge in [-0.15, -0.1) is 0 Å². The number of aliphatic hydroxyl groups is 1. The van der Waals surface area contributed by atoms with E-state index in [2.05, 4.69) is 20.4 Å². The van der Waals surface area contributed by atoms with Gasteiger partial charge in [0.25, 0.3) is 0 Å². The molecule has 0 aromatic rings. The first kappa shape index (κ1) is 46.5. The molecule has 1 unspecified atom stereocenters. The molecular weight excluding hydrogens is 656 g/mol. The quantitative estimate of drug-likeness (QED) is 0.0243. The molecule has 11 nitrogen and oxygen atoms in total. The number of rotatable bonds is 31. The van der Waals surface area contributed by atoms with E-state index in [-0.39, 0.29) is 56.3 Å². The zero-order chi connectivity index (χ0) is 37.7. The molecule has 0 bridgehead atoms. The van der Waals surface area contributed by atoms with E-state index in [1.807, 2.05) is 0 Å². The molecule has 0 aliphatic heterocycles. The smallest absolute Gasteiger partial charge is 0.333 e. The number of carbonyl (C=O) groups is 4. The minimum absolute atomic E-state index is 0.0302. The maximum atomic E-state index is 12.9. The van der Waals surface area contributed by atoms with Crippen molar-refractivity contribution in [2.24, 2.45) is 5.41 Å². The highest BCUT2D eigenvalue weighted by Crippen LogP contribution is 2.27. The Morgan fingerprint density at radius 2 is 1.18 bits per heavy atom. The summed E-state index contributed by atoms with van der Waals surface area (Å²) in [5, 5.41) is 9.87. The lowest BCUT2D eigenvalue weighted by atomic mass is 9.91. The molecule has 1 fully saturated rings. The van der Waals surface area contributed by atoms with Crippen LogP contribution in [0.2, 0.25) is 0 Å². The molecule has 1 rings (SSSR count). The van der Waals surface area contributed by atoms with Crippen molar-refractivity contribution in [2.45, 2.75) is 181 Å². The SMILES string of the molecule is C=C(CC)C(=O)OCC(C)(CO)C(=O)OC1CCC(OCOC(COC(=O)CCCCCCCCC)COC(=O)CCCCCCCCC)CC1. The van der Waals surface area contributed by atoms with Crippen LogP contribution in [-0.4, -0.2) is 80.5 Å². The molecule has 1 saturated carbocycles. The second kappa shape index (κ2) is 29.0. The molecule has 0 radical (unpaired) electrons. The number of hydrogen-bond donors (Lipinski definition) is 1. The van der Waals surface area contributed by atoms with Gasteiger partial charge in [-0.1, -0.05) is 104 Å². The van der Waals surface area contributed by atoms with Crippen molar-refractivity contribution in [3.8, 4) is 0 Å². The summed E-state index contributed by atoms with van der Waals surface area (Å²) in [5.41, 5.74) is -1.09. The minimum atomic E-state index is -1.38. The molecule has 51 heavy (non-hydrogen) atoms. The highest BCUT2D eigenvalue weighted by Gasteiger charge is 2.38. The summed E-state index contributed by atoms with van der Waals surface area (Å²) < 4.78 is 33.7. The number of esters is 4. The number of unbranched alkanes of at least 4 members (excludes halogenated alkanes) is 12. The van der Waals surface area contributed by atoms with Crippen LogP contribution in [0.5, 0.6) is 0 Å². The van der Waals surface area contributed by atoms with E-state index < -0.39 is 30.1 Å². The zero-order valence-electron chi connectivity index (χ0n) is 32.4. The summed E-state index contributed by atoms with van der Waals surface area (Å²) in [6.45, 7) is 10.3. The second-order valence-electron chi connectivity index (χ2n) is 14.2. The Kier molecular flexibility index (Phi) is 26.5. The predicted octanol–water partition coefficient (Wildman–Crippen LogP) is 8.08. The molecule has 1 aliphatic rings. The van der Waals surface area contributed by atoms with Crippen molar-refractivity contribution in [1.82, 2.24) is 0 Å². The van der Waals surface area contributed by atoms with E-state index in [0.29, 0.717) is 44.9 Å². The van der Waals surface area contributed by atoms with Crippen molar-refractivity contribution < 1.29 is 52.7 Å². The fourth-order valence-corrected chi connectivity index (χ4v) is 5.60. The Balaban J connectivity index is 2.50. The van der Waals surface area contributed by atoms with Gasteiger partial charge in [-0.05, 0) is 51.9 Å². The lowest BCUT2D eigenvalue weighted by Crippen LogP contribution is -2.41. The summed E-state index contributed by atoms with van der Waals surface area (Å²) in [6.07, 6.45) is 17.9. The average molecular weight is 727 g/mol.